The monoisotopic (exact) mass is 514 g/mol. The van der Waals surface area contributed by atoms with Crippen molar-refractivity contribution < 1.29 is 18.9 Å². The number of hydrogen-bond acceptors (Lipinski definition) is 6. The van der Waals surface area contributed by atoms with Gasteiger partial charge in [0.2, 0.25) is 0 Å². The first-order valence-corrected chi connectivity index (χ1v) is 12.6. The van der Waals surface area contributed by atoms with Crippen LogP contribution in [0.3, 0.4) is 0 Å². The summed E-state index contributed by atoms with van der Waals surface area (Å²) < 4.78 is 25.2. The molecular formula is C30H30N2O6. The van der Waals surface area contributed by atoms with Crippen LogP contribution in [0.2, 0.25) is 0 Å². The molecule has 8 heteroatoms. The smallest absolute Gasteiger partial charge is 0.325 e. The summed E-state index contributed by atoms with van der Waals surface area (Å²) >= 11 is 0. The standard InChI is InChI=1S/C30H30N2O6/c33-29-24(16-31-30(34)32-29)26-28(37-19-23-14-8-3-9-15-23)27(36-18-22-12-6-2-7-13-22)25(38-26)20-35-17-21-10-4-1-5-11-21/h1-16,25-28H,17-20H2,(H2,31,32,33,34)/t25-,26+,27-,28+/m1/s1. The van der Waals surface area contributed by atoms with Crippen LogP contribution in [0.25, 0.3) is 0 Å². The molecule has 0 amide bonds. The Hall–Kier alpha value is -3.82. The number of aromatic amines is 2. The van der Waals surface area contributed by atoms with Gasteiger partial charge in [-0.15, -0.1) is 0 Å². The largest absolute Gasteiger partial charge is 0.374 e. The van der Waals surface area contributed by atoms with Gasteiger partial charge in [0, 0.05) is 6.20 Å². The zero-order chi connectivity index (χ0) is 26.2. The van der Waals surface area contributed by atoms with Crippen molar-refractivity contribution in [2.75, 3.05) is 6.61 Å². The van der Waals surface area contributed by atoms with Crippen molar-refractivity contribution in [2.24, 2.45) is 0 Å². The van der Waals surface area contributed by atoms with E-state index in [1.165, 1.54) is 6.20 Å². The summed E-state index contributed by atoms with van der Waals surface area (Å²) in [6.45, 7) is 1.28. The molecule has 4 aromatic rings. The Labute approximate surface area is 220 Å². The predicted octanol–water partition coefficient (Wildman–Crippen LogP) is 3.89. The van der Waals surface area contributed by atoms with E-state index in [1.54, 1.807) is 0 Å². The van der Waals surface area contributed by atoms with Crippen LogP contribution in [0.15, 0.2) is 107 Å². The van der Waals surface area contributed by atoms with Gasteiger partial charge in [-0.1, -0.05) is 91.0 Å². The maximum Gasteiger partial charge on any atom is 0.325 e. The third-order valence-corrected chi connectivity index (χ3v) is 6.43. The highest BCUT2D eigenvalue weighted by Gasteiger charge is 2.48. The van der Waals surface area contributed by atoms with Crippen LogP contribution in [-0.2, 0) is 38.8 Å². The minimum Gasteiger partial charge on any atom is -0.374 e. The van der Waals surface area contributed by atoms with Gasteiger partial charge < -0.3 is 23.9 Å². The fraction of sp³-hybridized carbons (Fsp3) is 0.267. The second kappa shape index (κ2) is 12.6. The van der Waals surface area contributed by atoms with Crippen LogP contribution in [0, 0.1) is 0 Å². The molecule has 0 saturated carbocycles. The van der Waals surface area contributed by atoms with Crippen LogP contribution in [-0.4, -0.2) is 34.9 Å². The predicted molar refractivity (Wildman–Crippen MR) is 141 cm³/mol. The minimum absolute atomic E-state index is 0.233. The minimum atomic E-state index is -0.773. The van der Waals surface area contributed by atoms with E-state index in [9.17, 15) is 9.59 Å². The van der Waals surface area contributed by atoms with E-state index in [0.29, 0.717) is 19.8 Å². The number of nitrogens with one attached hydrogen (secondary N) is 2. The lowest BCUT2D eigenvalue weighted by Gasteiger charge is -2.25. The van der Waals surface area contributed by atoms with E-state index in [1.807, 2.05) is 91.0 Å². The van der Waals surface area contributed by atoms with Gasteiger partial charge in [0.25, 0.3) is 5.56 Å². The highest BCUT2D eigenvalue weighted by molar-refractivity contribution is 5.18. The lowest BCUT2D eigenvalue weighted by molar-refractivity contribution is -0.0898. The highest BCUT2D eigenvalue weighted by atomic mass is 16.6. The SMILES string of the molecule is O=c1[nH]cc([C@@H]2O[C@H](COCc3ccccc3)[C@@H](OCc3ccccc3)[C@H]2OCc2ccccc2)c(=O)[nH]1. The molecule has 0 aliphatic carbocycles. The zero-order valence-electron chi connectivity index (χ0n) is 20.8. The maximum atomic E-state index is 12.8. The number of aromatic nitrogens is 2. The van der Waals surface area contributed by atoms with Crippen LogP contribution < -0.4 is 11.2 Å². The van der Waals surface area contributed by atoms with Crippen molar-refractivity contribution in [1.82, 2.24) is 9.97 Å². The van der Waals surface area contributed by atoms with Crippen molar-refractivity contribution in [1.29, 1.82) is 0 Å². The van der Waals surface area contributed by atoms with Crippen LogP contribution in [0.4, 0.5) is 0 Å². The van der Waals surface area contributed by atoms with E-state index in [-0.39, 0.29) is 12.2 Å². The first-order chi connectivity index (χ1) is 18.7. The summed E-state index contributed by atoms with van der Waals surface area (Å²) in [4.78, 5) is 29.3. The average Bonchev–Trinajstić information content (AvgIpc) is 3.29. The third kappa shape index (κ3) is 6.54. The Morgan fingerprint density at radius 3 is 1.76 bits per heavy atom. The maximum absolute atomic E-state index is 12.8. The second-order valence-corrected chi connectivity index (χ2v) is 9.15. The van der Waals surface area contributed by atoms with E-state index in [0.717, 1.165) is 16.7 Å². The van der Waals surface area contributed by atoms with Crippen molar-refractivity contribution in [3.8, 4) is 0 Å². The van der Waals surface area contributed by atoms with Gasteiger partial charge in [-0.25, -0.2) is 4.79 Å². The lowest BCUT2D eigenvalue weighted by atomic mass is 10.0. The van der Waals surface area contributed by atoms with Gasteiger partial charge in [-0.3, -0.25) is 9.78 Å². The van der Waals surface area contributed by atoms with Gasteiger partial charge >= 0.3 is 5.69 Å². The van der Waals surface area contributed by atoms with E-state index < -0.39 is 35.7 Å². The third-order valence-electron chi connectivity index (χ3n) is 6.43. The fourth-order valence-corrected chi connectivity index (χ4v) is 4.53. The molecule has 1 aromatic heterocycles. The number of benzene rings is 3. The molecule has 0 unspecified atom stereocenters. The molecular weight excluding hydrogens is 484 g/mol. The molecule has 1 aliphatic heterocycles. The normalized spacial score (nSPS) is 20.9. The van der Waals surface area contributed by atoms with Crippen LogP contribution >= 0.6 is 0 Å². The van der Waals surface area contributed by atoms with Gasteiger partial charge in [-0.2, -0.15) is 0 Å². The summed E-state index contributed by atoms with van der Waals surface area (Å²) in [5, 5.41) is 0. The summed E-state index contributed by atoms with van der Waals surface area (Å²) in [6, 6.07) is 29.5. The molecule has 4 atom stereocenters. The fourth-order valence-electron chi connectivity index (χ4n) is 4.53. The summed E-state index contributed by atoms with van der Waals surface area (Å²) in [7, 11) is 0. The molecule has 2 N–H and O–H groups in total. The molecule has 0 radical (unpaired) electrons. The van der Waals surface area contributed by atoms with Gasteiger partial charge in [0.15, 0.2) is 0 Å². The molecule has 8 nitrogen and oxygen atoms in total. The van der Waals surface area contributed by atoms with Gasteiger partial charge in [0.05, 0.1) is 32.0 Å². The zero-order valence-corrected chi connectivity index (χ0v) is 20.8. The molecule has 3 aromatic carbocycles. The van der Waals surface area contributed by atoms with E-state index in [4.69, 9.17) is 18.9 Å². The van der Waals surface area contributed by atoms with Gasteiger partial charge in [-0.05, 0) is 16.7 Å². The molecule has 196 valence electrons. The van der Waals surface area contributed by atoms with Crippen LogP contribution in [0.5, 0.6) is 0 Å². The van der Waals surface area contributed by atoms with Crippen molar-refractivity contribution in [3.05, 3.63) is 140 Å². The first-order valence-electron chi connectivity index (χ1n) is 12.6. The Kier molecular flexibility index (Phi) is 8.57. The Morgan fingerprint density at radius 1 is 0.684 bits per heavy atom. The quantitative estimate of drug-likeness (QED) is 0.315. The van der Waals surface area contributed by atoms with Crippen LogP contribution in [0.1, 0.15) is 28.4 Å². The van der Waals surface area contributed by atoms with Gasteiger partial charge in [0.1, 0.15) is 24.4 Å². The average molecular weight is 515 g/mol. The number of H-pyrrole nitrogens is 2. The van der Waals surface area contributed by atoms with E-state index >= 15 is 0 Å². The number of hydrogen-bond donors (Lipinski definition) is 2. The highest BCUT2D eigenvalue weighted by Crippen LogP contribution is 2.37. The molecule has 38 heavy (non-hydrogen) atoms. The van der Waals surface area contributed by atoms with Crippen molar-refractivity contribution in [2.45, 2.75) is 44.2 Å². The van der Waals surface area contributed by atoms with E-state index in [2.05, 4.69) is 9.97 Å². The first kappa shape index (κ1) is 25.8. The molecule has 2 heterocycles. The number of ether oxygens (including phenoxy) is 4. The molecule has 1 fully saturated rings. The summed E-state index contributed by atoms with van der Waals surface area (Å²) in [6.07, 6.45) is -1.07. The molecule has 5 rings (SSSR count). The molecule has 1 aliphatic rings. The van der Waals surface area contributed by atoms with Crippen molar-refractivity contribution in [3.63, 3.8) is 0 Å². The lowest BCUT2D eigenvalue weighted by Crippen LogP contribution is -2.38. The summed E-state index contributed by atoms with van der Waals surface area (Å²) in [5.74, 6) is 0. The summed E-state index contributed by atoms with van der Waals surface area (Å²) in [5.41, 5.74) is 2.17. The Balaban J connectivity index is 1.41. The molecule has 0 spiro atoms. The number of rotatable bonds is 11. The topological polar surface area (TPSA) is 103 Å². The van der Waals surface area contributed by atoms with Crippen molar-refractivity contribution >= 4 is 0 Å². The molecule has 0 bridgehead atoms. The Morgan fingerprint density at radius 2 is 1.21 bits per heavy atom. The molecule has 1 saturated heterocycles. The Bertz CT molecular complexity index is 1390. The second-order valence-electron chi connectivity index (χ2n) is 9.15.